The second kappa shape index (κ2) is 29.2. The van der Waals surface area contributed by atoms with Crippen LogP contribution in [0.1, 0.15) is 177 Å². The number of esters is 1. The lowest BCUT2D eigenvalue weighted by Crippen LogP contribution is -2.60. The summed E-state index contributed by atoms with van der Waals surface area (Å²) in [6.45, 7) is 13.5. The Bertz CT molecular complexity index is 1980. The molecule has 3 fully saturated rings. The summed E-state index contributed by atoms with van der Waals surface area (Å²) >= 11 is 0. The number of carbonyl (C=O) groups excluding carboxylic acids is 2. The number of benzene rings is 2. The molecule has 3 aliphatic rings. The Balaban J connectivity index is 1.15. The monoisotopic (exact) mass is 1090 g/mol. The maximum Gasteiger partial charge on any atom is 0.311 e. The van der Waals surface area contributed by atoms with Gasteiger partial charge in [-0.15, -0.1) is 0 Å². The van der Waals surface area contributed by atoms with Crippen LogP contribution in [0.25, 0.3) is 0 Å². The Morgan fingerprint density at radius 2 is 1.30 bits per heavy atom. The molecule has 12 nitrogen and oxygen atoms in total. The van der Waals surface area contributed by atoms with Crippen molar-refractivity contribution in [1.29, 1.82) is 0 Å². The third-order valence-corrected chi connectivity index (χ3v) is 22.9. The largest absolute Gasteiger partial charge is 0.459 e. The van der Waals surface area contributed by atoms with Crippen LogP contribution in [0.15, 0.2) is 60.7 Å². The third-order valence-electron chi connectivity index (χ3n) is 17.6. The van der Waals surface area contributed by atoms with Crippen molar-refractivity contribution in [2.24, 2.45) is 17.8 Å². The van der Waals surface area contributed by atoms with E-state index in [1.54, 1.807) is 32.6 Å². The second-order valence-electron chi connectivity index (χ2n) is 24.2. The van der Waals surface area contributed by atoms with Gasteiger partial charge in [-0.05, 0) is 130 Å². The lowest BCUT2D eigenvalue weighted by Gasteiger charge is -2.46. The van der Waals surface area contributed by atoms with Gasteiger partial charge in [0, 0.05) is 37.8 Å². The molecular formula is C61H100F2N2O10P+. The van der Waals surface area contributed by atoms with Gasteiger partial charge in [0.05, 0.1) is 65.6 Å². The first-order chi connectivity index (χ1) is 35.9. The average molecular weight is 1090 g/mol. The van der Waals surface area contributed by atoms with Crippen molar-refractivity contribution in [3.63, 3.8) is 0 Å². The highest BCUT2D eigenvalue weighted by Crippen LogP contribution is 2.65. The van der Waals surface area contributed by atoms with E-state index in [1.165, 1.54) is 24.5 Å². The summed E-state index contributed by atoms with van der Waals surface area (Å²) in [7, 11) is 1.82. The van der Waals surface area contributed by atoms with Crippen LogP contribution >= 0.6 is 7.26 Å². The smallest absolute Gasteiger partial charge is 0.311 e. The summed E-state index contributed by atoms with van der Waals surface area (Å²) in [5.74, 6) is -5.95. The van der Waals surface area contributed by atoms with Gasteiger partial charge < -0.3 is 49.5 Å². The molecule has 0 radical (unpaired) electrons. The number of cyclic esters (lactones) is 1. The summed E-state index contributed by atoms with van der Waals surface area (Å²) in [6, 6.07) is 20.3. The topological polar surface area (TPSA) is 169 Å². The standard InChI is InChI=1S/C61H100F2N2O10P/c1-11-51-60(8,72)55(69)46(6)65(41-42(2)40-59(7,71)56(44(4)53(67)45(5)57(70)74-51)75-58-54(68)50(64(9)10)39-43(3)73-58)52(66)33-27-19-17-15-13-12-14-16-18-20-28-38-76(47-29-23-21-24-30-47,48-31-25-22-26-32-48)49-34-36-61(62,63)37-35-49/h21-26,29-32,42-46,49-51,53-56,58,67-69,71-72H,11-20,27-28,33-41H2,1-10H3/q+1/t42-,43-,44+,45-,46-,50+,51-,53+,54-,55-,56-,58+,59-,60-/m1/s1. The molecule has 5 rings (SSSR count). The van der Waals surface area contributed by atoms with Crippen LogP contribution in [0.5, 0.6) is 0 Å². The first-order valence-corrected chi connectivity index (χ1v) is 31.2. The van der Waals surface area contributed by atoms with E-state index in [1.807, 2.05) is 45.0 Å². The van der Waals surface area contributed by atoms with E-state index < -0.39 is 85.0 Å². The molecule has 76 heavy (non-hydrogen) atoms. The first kappa shape index (κ1) is 64.2. The number of carbonyl (C=O) groups is 2. The SMILES string of the molecule is CC[C@H]1OC(=O)[C@H](C)[C@@H](O)[C@H](C)[C@@H](O[C@@H]2O[C@H](C)C[C@H](N(C)C)[C@H]2O)[C@](C)(O)C[C@@H](C)CN(C(=O)CCCCCCCCCCCCC[P+](c2ccccc2)(c2ccccc2)C2CCC(F)(F)CC2)[C@H](C)[C@@H](O)[C@]1(C)O. The minimum atomic E-state index is -2.56. The van der Waals surface area contributed by atoms with Gasteiger partial charge >= 0.3 is 5.97 Å². The molecule has 2 aromatic rings. The quantitative estimate of drug-likeness (QED) is 0.0459. The molecule has 0 bridgehead atoms. The van der Waals surface area contributed by atoms with Crippen LogP contribution in [0, 0.1) is 17.8 Å². The summed E-state index contributed by atoms with van der Waals surface area (Å²) in [6.07, 6.45) is 6.94. The Morgan fingerprint density at radius 1 is 0.789 bits per heavy atom. The van der Waals surface area contributed by atoms with Gasteiger partial charge in [-0.25, -0.2) is 8.78 Å². The van der Waals surface area contributed by atoms with Crippen molar-refractivity contribution in [3.05, 3.63) is 60.7 Å². The van der Waals surface area contributed by atoms with Gasteiger partial charge in [0.2, 0.25) is 11.8 Å². The van der Waals surface area contributed by atoms with Crippen LogP contribution in [-0.4, -0.2) is 152 Å². The molecule has 432 valence electrons. The Kier molecular flexibility index (Phi) is 24.6. The molecule has 1 aliphatic carbocycles. The van der Waals surface area contributed by atoms with Gasteiger partial charge in [0.25, 0.3) is 0 Å². The summed E-state index contributed by atoms with van der Waals surface area (Å²) in [5, 5.41) is 62.2. The molecule has 5 N–H and O–H groups in total. The second-order valence-corrected chi connectivity index (χ2v) is 28.2. The molecule has 0 spiro atoms. The number of amides is 1. The highest BCUT2D eigenvalue weighted by Gasteiger charge is 2.54. The highest BCUT2D eigenvalue weighted by molar-refractivity contribution is 7.90. The minimum absolute atomic E-state index is 0.0219. The molecule has 1 saturated carbocycles. The Labute approximate surface area is 456 Å². The minimum Gasteiger partial charge on any atom is -0.459 e. The maximum atomic E-state index is 14.5. The van der Waals surface area contributed by atoms with Crippen molar-refractivity contribution in [2.75, 3.05) is 26.8 Å². The van der Waals surface area contributed by atoms with Crippen LogP contribution in [0.2, 0.25) is 0 Å². The van der Waals surface area contributed by atoms with Crippen molar-refractivity contribution >= 4 is 29.7 Å². The number of rotatable bonds is 21. The number of aliphatic hydroxyl groups excluding tert-OH is 3. The van der Waals surface area contributed by atoms with Crippen molar-refractivity contribution in [3.8, 4) is 0 Å². The van der Waals surface area contributed by atoms with Crippen molar-refractivity contribution < 1.29 is 58.1 Å². The zero-order chi connectivity index (χ0) is 56.0. The molecule has 15 heteroatoms. The fraction of sp³-hybridized carbons (Fsp3) is 0.770. The number of alkyl halides is 2. The van der Waals surface area contributed by atoms with Crippen molar-refractivity contribution in [2.45, 2.75) is 255 Å². The molecule has 0 aromatic heterocycles. The zero-order valence-corrected chi connectivity index (χ0v) is 48.9. The third kappa shape index (κ3) is 16.7. The van der Waals surface area contributed by atoms with E-state index in [0.717, 1.165) is 70.4 Å². The molecule has 2 aliphatic heterocycles. The number of ether oxygens (including phenoxy) is 3. The molecule has 2 heterocycles. The summed E-state index contributed by atoms with van der Waals surface area (Å²) in [5.41, 5.74) is -3.37. The molecule has 1 amide bonds. The van der Waals surface area contributed by atoms with E-state index >= 15 is 0 Å². The lowest BCUT2D eigenvalue weighted by atomic mass is 9.78. The Morgan fingerprint density at radius 3 is 1.82 bits per heavy atom. The number of nitrogens with zero attached hydrogens (tertiary/aromatic N) is 2. The van der Waals surface area contributed by atoms with Gasteiger partial charge in [-0.1, -0.05) is 109 Å². The predicted molar refractivity (Wildman–Crippen MR) is 301 cm³/mol. The Hall–Kier alpha value is -2.65. The number of unbranched alkanes of at least 4 members (excludes halogenated alkanes) is 10. The first-order valence-electron chi connectivity index (χ1n) is 29.2. The van der Waals surface area contributed by atoms with Crippen LogP contribution in [0.4, 0.5) is 8.78 Å². The van der Waals surface area contributed by atoms with Gasteiger partial charge in [0.15, 0.2) is 6.29 Å². The normalized spacial score (nSPS) is 33.6. The number of halogens is 2. The fourth-order valence-corrected chi connectivity index (χ4v) is 18.4. The van der Waals surface area contributed by atoms with E-state index in [-0.39, 0.29) is 68.3 Å². The molecule has 14 atom stereocenters. The molecule has 2 saturated heterocycles. The summed E-state index contributed by atoms with van der Waals surface area (Å²) < 4.78 is 47.5. The van der Waals surface area contributed by atoms with E-state index in [9.17, 15) is 43.9 Å². The fourth-order valence-electron chi connectivity index (χ4n) is 13.1. The van der Waals surface area contributed by atoms with Gasteiger partial charge in [-0.3, -0.25) is 9.59 Å². The van der Waals surface area contributed by atoms with Crippen LogP contribution in [0.3, 0.4) is 0 Å². The zero-order valence-electron chi connectivity index (χ0n) is 48.0. The maximum absolute atomic E-state index is 14.5. The molecule has 2 aromatic carbocycles. The van der Waals surface area contributed by atoms with Crippen molar-refractivity contribution in [1.82, 2.24) is 9.80 Å². The van der Waals surface area contributed by atoms with Gasteiger partial charge in [-0.2, -0.15) is 0 Å². The predicted octanol–water partition coefficient (Wildman–Crippen LogP) is 9.80. The molecule has 0 unspecified atom stereocenters. The number of likely N-dealkylation sites (N-methyl/N-ethyl adjacent to an activating group) is 1. The highest BCUT2D eigenvalue weighted by atomic mass is 31.2. The van der Waals surface area contributed by atoms with Crippen LogP contribution < -0.4 is 10.6 Å². The lowest BCUT2D eigenvalue weighted by molar-refractivity contribution is -0.299. The van der Waals surface area contributed by atoms with E-state index in [2.05, 4.69) is 48.5 Å². The average Bonchev–Trinajstić information content (AvgIpc) is 3.38. The van der Waals surface area contributed by atoms with Crippen LogP contribution in [-0.2, 0) is 23.8 Å². The van der Waals surface area contributed by atoms with E-state index in [0.29, 0.717) is 25.7 Å². The van der Waals surface area contributed by atoms with E-state index in [4.69, 9.17) is 14.2 Å². The molecular weight excluding hydrogens is 990 g/mol. The number of aliphatic hydroxyl groups is 5. The summed E-state index contributed by atoms with van der Waals surface area (Å²) in [4.78, 5) is 31.6. The number of hydrogen-bond donors (Lipinski definition) is 5. The van der Waals surface area contributed by atoms with Gasteiger partial charge in [0.1, 0.15) is 23.9 Å². The number of hydrogen-bond acceptors (Lipinski definition) is 11.